The number of carboxylic acid groups (broad SMARTS) is 1. The normalized spacial score (nSPS) is 19.9. The van der Waals surface area contributed by atoms with Crippen molar-refractivity contribution < 1.29 is 53.8 Å². The van der Waals surface area contributed by atoms with Gasteiger partial charge in [-0.25, -0.2) is 4.79 Å². The van der Waals surface area contributed by atoms with E-state index in [1.165, 1.54) is 128 Å². The summed E-state index contributed by atoms with van der Waals surface area (Å²) in [7, 11) is 0. The summed E-state index contributed by atoms with van der Waals surface area (Å²) < 4.78 is 21.8. The molecule has 4 N–H and O–H groups in total. The van der Waals surface area contributed by atoms with Crippen molar-refractivity contribution in [2.45, 2.75) is 256 Å². The molecule has 60 heavy (non-hydrogen) atoms. The first-order valence-electron chi connectivity index (χ1n) is 24.4. The van der Waals surface area contributed by atoms with E-state index < -0.39 is 54.7 Å². The van der Waals surface area contributed by atoms with Gasteiger partial charge in [-0.05, 0) is 44.9 Å². The molecule has 1 aliphatic heterocycles. The van der Waals surface area contributed by atoms with Gasteiger partial charge in [0.15, 0.2) is 18.5 Å². The van der Waals surface area contributed by atoms with Crippen molar-refractivity contribution in [1.29, 1.82) is 0 Å². The van der Waals surface area contributed by atoms with Crippen LogP contribution in [0.2, 0.25) is 0 Å². The van der Waals surface area contributed by atoms with Gasteiger partial charge in [0.05, 0.1) is 6.61 Å². The number of carbonyl (C=O) groups excluding carboxylic acids is 2. The number of aliphatic carboxylic acids is 1. The van der Waals surface area contributed by atoms with Crippen molar-refractivity contribution in [3.05, 3.63) is 24.3 Å². The van der Waals surface area contributed by atoms with Gasteiger partial charge in [0.2, 0.25) is 0 Å². The van der Waals surface area contributed by atoms with Crippen LogP contribution in [-0.2, 0) is 33.3 Å². The van der Waals surface area contributed by atoms with E-state index in [4.69, 9.17) is 18.9 Å². The fraction of sp³-hybridized carbons (Fsp3) is 0.857. The molecule has 0 radical (unpaired) electrons. The Balaban J connectivity index is 2.30. The summed E-state index contributed by atoms with van der Waals surface area (Å²) in [6.45, 7) is 3.81. The molecule has 0 aromatic carbocycles. The minimum atomic E-state index is -1.86. The molecule has 1 saturated heterocycles. The van der Waals surface area contributed by atoms with E-state index in [1.54, 1.807) is 0 Å². The molecule has 0 aromatic heterocycles. The minimum absolute atomic E-state index is 0.186. The molecule has 6 atom stereocenters. The average Bonchev–Trinajstić information content (AvgIpc) is 3.23. The summed E-state index contributed by atoms with van der Waals surface area (Å²) >= 11 is 0. The molecule has 0 aliphatic carbocycles. The Kier molecular flexibility index (Phi) is 36.7. The van der Waals surface area contributed by atoms with E-state index in [9.17, 15) is 34.8 Å². The van der Waals surface area contributed by atoms with Gasteiger partial charge in [0.25, 0.3) is 0 Å². The SMILES string of the molecule is CCCCCCC/C=C\C/C=C\CCCCCCCCCCCC(=O)OCC(COC1OC(C(=O)O)C(O)C(O)C1O)OC(=O)CCCCCCCCCCCCCCC. The molecule has 350 valence electrons. The van der Waals surface area contributed by atoms with Gasteiger partial charge >= 0.3 is 17.9 Å². The predicted octanol–water partition coefficient (Wildman–Crippen LogP) is 11.0. The van der Waals surface area contributed by atoms with Crippen LogP contribution in [-0.4, -0.2) is 88.4 Å². The summed E-state index contributed by atoms with van der Waals surface area (Å²) in [4.78, 5) is 36.9. The Morgan fingerprint density at radius 1 is 0.517 bits per heavy atom. The maximum atomic E-state index is 12.8. The van der Waals surface area contributed by atoms with Gasteiger partial charge in [-0.15, -0.1) is 0 Å². The largest absolute Gasteiger partial charge is 0.479 e. The first-order chi connectivity index (χ1) is 29.2. The second-order valence-corrected chi connectivity index (χ2v) is 17.0. The quantitative estimate of drug-likeness (QED) is 0.0262. The van der Waals surface area contributed by atoms with E-state index in [1.807, 2.05) is 0 Å². The average molecular weight is 853 g/mol. The van der Waals surface area contributed by atoms with Crippen LogP contribution in [0, 0.1) is 0 Å². The second-order valence-electron chi connectivity index (χ2n) is 17.0. The Labute approximate surface area is 364 Å². The van der Waals surface area contributed by atoms with Crippen molar-refractivity contribution in [2.24, 2.45) is 0 Å². The number of allylic oxidation sites excluding steroid dienone is 4. The number of unbranched alkanes of at least 4 members (excludes halogenated alkanes) is 26. The fourth-order valence-electron chi connectivity index (χ4n) is 7.44. The predicted molar refractivity (Wildman–Crippen MR) is 238 cm³/mol. The number of carbonyl (C=O) groups is 3. The van der Waals surface area contributed by atoms with Crippen LogP contribution in [0.1, 0.15) is 219 Å². The van der Waals surface area contributed by atoms with Crippen molar-refractivity contribution in [2.75, 3.05) is 13.2 Å². The highest BCUT2D eigenvalue weighted by atomic mass is 16.7. The van der Waals surface area contributed by atoms with Crippen molar-refractivity contribution >= 4 is 17.9 Å². The number of esters is 2. The van der Waals surface area contributed by atoms with E-state index in [0.29, 0.717) is 12.8 Å². The molecule has 1 fully saturated rings. The monoisotopic (exact) mass is 853 g/mol. The van der Waals surface area contributed by atoms with Crippen LogP contribution >= 0.6 is 0 Å². The Bertz CT molecular complexity index is 1100. The van der Waals surface area contributed by atoms with Crippen LogP contribution in [0.5, 0.6) is 0 Å². The molecule has 0 amide bonds. The third-order valence-corrected chi connectivity index (χ3v) is 11.3. The summed E-state index contributed by atoms with van der Waals surface area (Å²) in [6, 6.07) is 0. The molecule has 0 bridgehead atoms. The lowest BCUT2D eigenvalue weighted by Gasteiger charge is -2.38. The molecule has 1 heterocycles. The van der Waals surface area contributed by atoms with Gasteiger partial charge in [-0.3, -0.25) is 9.59 Å². The van der Waals surface area contributed by atoms with Crippen molar-refractivity contribution in [1.82, 2.24) is 0 Å². The summed E-state index contributed by atoms with van der Waals surface area (Å²) in [5.41, 5.74) is 0. The molecular weight excluding hydrogens is 765 g/mol. The summed E-state index contributed by atoms with van der Waals surface area (Å²) in [5.74, 6) is -2.44. The van der Waals surface area contributed by atoms with Gasteiger partial charge in [-0.1, -0.05) is 186 Å². The minimum Gasteiger partial charge on any atom is -0.479 e. The Hall–Kier alpha value is -2.31. The zero-order valence-electron chi connectivity index (χ0n) is 38.0. The standard InChI is InChI=1S/C49H88O11/c1-3-5-7-9-11-13-15-17-18-19-20-21-22-23-24-26-27-29-31-33-35-37-42(50)57-39-41(40-58-49-46(54)44(52)45(53)47(60-49)48(55)56)59-43(51)38-36-34-32-30-28-25-16-14-12-10-8-6-4-2/h15,17,19-20,41,44-47,49,52-54H,3-14,16,18,21-40H2,1-2H3,(H,55,56)/b17-15-,20-19-. The van der Waals surface area contributed by atoms with Crippen LogP contribution in [0.4, 0.5) is 0 Å². The third-order valence-electron chi connectivity index (χ3n) is 11.3. The molecule has 0 saturated carbocycles. The molecule has 1 rings (SSSR count). The van der Waals surface area contributed by atoms with Gasteiger partial charge < -0.3 is 39.4 Å². The number of ether oxygens (including phenoxy) is 4. The third kappa shape index (κ3) is 30.7. The van der Waals surface area contributed by atoms with Gasteiger partial charge in [-0.2, -0.15) is 0 Å². The second kappa shape index (κ2) is 39.5. The number of hydrogen-bond acceptors (Lipinski definition) is 10. The summed E-state index contributed by atoms with van der Waals surface area (Å²) in [5, 5.41) is 39.8. The highest BCUT2D eigenvalue weighted by Crippen LogP contribution is 2.23. The van der Waals surface area contributed by atoms with E-state index in [0.717, 1.165) is 51.4 Å². The van der Waals surface area contributed by atoms with E-state index in [-0.39, 0.29) is 26.1 Å². The lowest BCUT2D eigenvalue weighted by Crippen LogP contribution is -2.60. The highest BCUT2D eigenvalue weighted by molar-refractivity contribution is 5.73. The number of rotatable bonds is 41. The van der Waals surface area contributed by atoms with Crippen LogP contribution in [0.25, 0.3) is 0 Å². The maximum Gasteiger partial charge on any atom is 0.335 e. The molecule has 11 nitrogen and oxygen atoms in total. The van der Waals surface area contributed by atoms with Crippen molar-refractivity contribution in [3.8, 4) is 0 Å². The van der Waals surface area contributed by atoms with Crippen LogP contribution in [0.3, 0.4) is 0 Å². The Morgan fingerprint density at radius 2 is 0.933 bits per heavy atom. The van der Waals surface area contributed by atoms with E-state index in [2.05, 4.69) is 38.2 Å². The number of aliphatic hydroxyl groups is 3. The molecule has 1 aliphatic rings. The zero-order chi connectivity index (χ0) is 43.9. The number of carboxylic acids is 1. The van der Waals surface area contributed by atoms with Gasteiger partial charge in [0, 0.05) is 12.8 Å². The number of hydrogen-bond donors (Lipinski definition) is 4. The molecular formula is C49H88O11. The number of aliphatic hydroxyl groups excluding tert-OH is 3. The van der Waals surface area contributed by atoms with E-state index >= 15 is 0 Å². The van der Waals surface area contributed by atoms with Gasteiger partial charge in [0.1, 0.15) is 24.9 Å². The maximum absolute atomic E-state index is 12.8. The topological polar surface area (TPSA) is 169 Å². The smallest absolute Gasteiger partial charge is 0.335 e. The highest BCUT2D eigenvalue weighted by Gasteiger charge is 2.47. The first kappa shape index (κ1) is 55.7. The lowest BCUT2D eigenvalue weighted by atomic mass is 9.99. The van der Waals surface area contributed by atoms with Crippen LogP contribution in [0.15, 0.2) is 24.3 Å². The summed E-state index contributed by atoms with van der Waals surface area (Å²) in [6.07, 6.45) is 35.1. The molecule has 11 heteroatoms. The molecule has 0 aromatic rings. The Morgan fingerprint density at radius 3 is 1.38 bits per heavy atom. The molecule has 6 unspecified atom stereocenters. The lowest BCUT2D eigenvalue weighted by molar-refractivity contribution is -0.298. The van der Waals surface area contributed by atoms with Crippen molar-refractivity contribution in [3.63, 3.8) is 0 Å². The molecule has 0 spiro atoms. The zero-order valence-corrected chi connectivity index (χ0v) is 38.0. The fourth-order valence-corrected chi connectivity index (χ4v) is 7.44. The first-order valence-corrected chi connectivity index (χ1v) is 24.4. The van der Waals surface area contributed by atoms with Crippen LogP contribution < -0.4 is 0 Å².